The van der Waals surface area contributed by atoms with Gasteiger partial charge in [0.05, 0.1) is 0 Å². The molecule has 2 nitrogen and oxygen atoms in total. The normalized spacial score (nSPS) is 12.3. The first kappa shape index (κ1) is 19.5. The molecule has 1 aromatic carbocycles. The van der Waals surface area contributed by atoms with Crippen molar-refractivity contribution in [3.05, 3.63) is 65.5 Å². The third kappa shape index (κ3) is 5.89. The zero-order chi connectivity index (χ0) is 18.2. The van der Waals surface area contributed by atoms with E-state index in [0.29, 0.717) is 6.04 Å². The number of aromatic nitrogens is 1. The minimum atomic E-state index is 0.309. The van der Waals surface area contributed by atoms with Crippen molar-refractivity contribution >= 4 is 5.57 Å². The maximum atomic E-state index is 6.05. The lowest BCUT2D eigenvalue weighted by atomic mass is 10.0. The number of nitrogens with zero attached hydrogens (tertiary/aromatic N) is 1. The molecule has 136 valence electrons. The summed E-state index contributed by atoms with van der Waals surface area (Å²) in [6.45, 7) is 8.61. The molecule has 0 spiro atoms. The number of nitrogens with two attached hydrogens (primary N) is 1. The number of hydrogen-bond acceptors (Lipinski definition) is 1. The first-order valence-electron chi connectivity index (χ1n) is 9.65. The molecule has 1 aromatic heterocycles. The molecule has 0 radical (unpaired) electrons. The summed E-state index contributed by atoms with van der Waals surface area (Å²) < 4.78 is 2.30. The van der Waals surface area contributed by atoms with Gasteiger partial charge in [-0.05, 0) is 75.1 Å². The number of rotatable bonds is 10. The van der Waals surface area contributed by atoms with Crippen LogP contribution in [0, 0.1) is 6.92 Å². The highest BCUT2D eigenvalue weighted by atomic mass is 15.0. The monoisotopic (exact) mass is 338 g/mol. The fourth-order valence-electron chi connectivity index (χ4n) is 3.25. The first-order valence-corrected chi connectivity index (χ1v) is 9.65. The molecule has 0 amide bonds. The predicted molar refractivity (Wildman–Crippen MR) is 110 cm³/mol. The van der Waals surface area contributed by atoms with Gasteiger partial charge < -0.3 is 10.3 Å². The lowest BCUT2D eigenvalue weighted by molar-refractivity contribution is 0.583. The minimum Gasteiger partial charge on any atom is -0.348 e. The van der Waals surface area contributed by atoms with Crippen LogP contribution >= 0.6 is 0 Å². The second kappa shape index (κ2) is 9.62. The van der Waals surface area contributed by atoms with E-state index >= 15 is 0 Å². The van der Waals surface area contributed by atoms with Crippen molar-refractivity contribution < 1.29 is 0 Å². The van der Waals surface area contributed by atoms with Gasteiger partial charge in [-0.1, -0.05) is 43.3 Å². The minimum absolute atomic E-state index is 0.309. The number of aryl methyl sites for hydroxylation is 3. The highest BCUT2D eigenvalue weighted by molar-refractivity contribution is 5.61. The molecule has 2 aromatic rings. The predicted octanol–water partition coefficient (Wildman–Crippen LogP) is 5.43. The zero-order valence-electron chi connectivity index (χ0n) is 16.2. The Kier molecular flexibility index (Phi) is 7.52. The van der Waals surface area contributed by atoms with E-state index in [1.807, 2.05) is 0 Å². The van der Waals surface area contributed by atoms with Gasteiger partial charge in [-0.15, -0.1) is 0 Å². The Morgan fingerprint density at radius 2 is 1.80 bits per heavy atom. The van der Waals surface area contributed by atoms with Crippen molar-refractivity contribution in [1.82, 2.24) is 4.57 Å². The van der Waals surface area contributed by atoms with Gasteiger partial charge in [0, 0.05) is 24.5 Å². The molecule has 2 rings (SSSR count). The molecule has 25 heavy (non-hydrogen) atoms. The van der Waals surface area contributed by atoms with Crippen LogP contribution in [0.3, 0.4) is 0 Å². The van der Waals surface area contributed by atoms with E-state index in [2.05, 4.69) is 68.4 Å². The van der Waals surface area contributed by atoms with Crippen LogP contribution in [-0.4, -0.2) is 10.6 Å². The summed E-state index contributed by atoms with van der Waals surface area (Å²) in [4.78, 5) is 0. The van der Waals surface area contributed by atoms with Crippen LogP contribution in [0.15, 0.2) is 43.0 Å². The second-order valence-electron chi connectivity index (χ2n) is 7.27. The molecule has 2 N–H and O–H groups in total. The van der Waals surface area contributed by atoms with Crippen molar-refractivity contribution in [2.24, 2.45) is 12.8 Å². The van der Waals surface area contributed by atoms with Crippen molar-refractivity contribution in [3.8, 4) is 0 Å². The van der Waals surface area contributed by atoms with Crippen LogP contribution in [0.1, 0.15) is 61.5 Å². The Morgan fingerprint density at radius 1 is 1.08 bits per heavy atom. The van der Waals surface area contributed by atoms with E-state index in [1.165, 1.54) is 40.9 Å². The van der Waals surface area contributed by atoms with Crippen LogP contribution in [-0.2, 0) is 19.9 Å². The number of hydrogen-bond donors (Lipinski definition) is 1. The molecule has 0 saturated carbocycles. The van der Waals surface area contributed by atoms with E-state index in [4.69, 9.17) is 5.73 Å². The van der Waals surface area contributed by atoms with Gasteiger partial charge in [0.25, 0.3) is 0 Å². The summed E-state index contributed by atoms with van der Waals surface area (Å²) in [5, 5.41) is 0. The molecule has 0 bridgehead atoms. The third-order valence-corrected chi connectivity index (χ3v) is 5.20. The first-order chi connectivity index (χ1) is 12.0. The van der Waals surface area contributed by atoms with Gasteiger partial charge in [0.2, 0.25) is 0 Å². The zero-order valence-corrected chi connectivity index (χ0v) is 16.2. The number of benzene rings is 1. The SMILES string of the molecule is C=C(CCCCc1ccc(C)cc1)c1ccc(CCC(N)CC)n1C. The van der Waals surface area contributed by atoms with Gasteiger partial charge in [-0.3, -0.25) is 0 Å². The summed E-state index contributed by atoms with van der Waals surface area (Å²) in [5.74, 6) is 0. The second-order valence-corrected chi connectivity index (χ2v) is 7.27. The largest absolute Gasteiger partial charge is 0.348 e. The number of unbranched alkanes of at least 4 members (excludes halogenated alkanes) is 1. The summed E-state index contributed by atoms with van der Waals surface area (Å²) in [6, 6.07) is 13.6. The van der Waals surface area contributed by atoms with Gasteiger partial charge in [-0.25, -0.2) is 0 Å². The molecule has 0 saturated heterocycles. The van der Waals surface area contributed by atoms with Crippen LogP contribution < -0.4 is 5.73 Å². The van der Waals surface area contributed by atoms with Gasteiger partial charge >= 0.3 is 0 Å². The van der Waals surface area contributed by atoms with E-state index in [1.54, 1.807) is 0 Å². The molecule has 1 unspecified atom stereocenters. The molecular formula is C23H34N2. The van der Waals surface area contributed by atoms with E-state index < -0.39 is 0 Å². The lowest BCUT2D eigenvalue weighted by Gasteiger charge is -2.12. The third-order valence-electron chi connectivity index (χ3n) is 5.20. The van der Waals surface area contributed by atoms with E-state index in [0.717, 1.165) is 32.1 Å². The van der Waals surface area contributed by atoms with E-state index in [-0.39, 0.29) is 0 Å². The fourth-order valence-corrected chi connectivity index (χ4v) is 3.25. The van der Waals surface area contributed by atoms with Crippen LogP contribution in [0.4, 0.5) is 0 Å². The Morgan fingerprint density at radius 3 is 2.48 bits per heavy atom. The fraction of sp³-hybridized carbons (Fsp3) is 0.478. The Balaban J connectivity index is 1.78. The molecule has 0 aliphatic rings. The smallest absolute Gasteiger partial charge is 0.0432 e. The van der Waals surface area contributed by atoms with Crippen LogP contribution in [0.5, 0.6) is 0 Å². The average Bonchev–Trinajstić information content (AvgIpc) is 2.98. The van der Waals surface area contributed by atoms with Gasteiger partial charge in [-0.2, -0.15) is 0 Å². The van der Waals surface area contributed by atoms with Crippen molar-refractivity contribution in [2.45, 2.75) is 64.8 Å². The molecule has 0 aliphatic heterocycles. The maximum Gasteiger partial charge on any atom is 0.0432 e. The Labute approximate surface area is 153 Å². The molecule has 1 heterocycles. The van der Waals surface area contributed by atoms with E-state index in [9.17, 15) is 0 Å². The topological polar surface area (TPSA) is 30.9 Å². The summed E-state index contributed by atoms with van der Waals surface area (Å²) >= 11 is 0. The number of allylic oxidation sites excluding steroid dienone is 1. The lowest BCUT2D eigenvalue weighted by Crippen LogP contribution is -2.19. The highest BCUT2D eigenvalue weighted by Crippen LogP contribution is 2.22. The summed E-state index contributed by atoms with van der Waals surface area (Å²) in [7, 11) is 2.15. The molecule has 2 heteroatoms. The van der Waals surface area contributed by atoms with Crippen LogP contribution in [0.2, 0.25) is 0 Å². The highest BCUT2D eigenvalue weighted by Gasteiger charge is 2.09. The summed E-state index contributed by atoms with van der Waals surface area (Å²) in [6.07, 6.45) is 7.77. The quantitative estimate of drug-likeness (QED) is 0.575. The Bertz CT molecular complexity index is 664. The van der Waals surface area contributed by atoms with Crippen molar-refractivity contribution in [3.63, 3.8) is 0 Å². The van der Waals surface area contributed by atoms with Crippen LogP contribution in [0.25, 0.3) is 5.57 Å². The average molecular weight is 339 g/mol. The molecule has 1 atom stereocenters. The Hall–Kier alpha value is -1.80. The molecule has 0 fully saturated rings. The maximum absolute atomic E-state index is 6.05. The van der Waals surface area contributed by atoms with Crippen molar-refractivity contribution in [1.29, 1.82) is 0 Å². The standard InChI is InChI=1S/C23H34N2/c1-5-21(24)14-15-22-16-17-23(25(22)4)19(3)8-6-7-9-20-12-10-18(2)11-13-20/h10-13,16-17,21H,3,5-9,14-15,24H2,1-2,4H3. The summed E-state index contributed by atoms with van der Waals surface area (Å²) in [5.41, 5.74) is 12.7. The molecule has 0 aliphatic carbocycles. The molecular weight excluding hydrogens is 304 g/mol. The van der Waals surface area contributed by atoms with Gasteiger partial charge in [0.1, 0.15) is 0 Å². The van der Waals surface area contributed by atoms with Crippen molar-refractivity contribution in [2.75, 3.05) is 0 Å². The van der Waals surface area contributed by atoms with Gasteiger partial charge in [0.15, 0.2) is 0 Å².